The number of likely N-dealkylation sites (tertiary alicyclic amines) is 1. The molecule has 2 heterocycles. The van der Waals surface area contributed by atoms with Gasteiger partial charge in [0.15, 0.2) is 5.96 Å². The quantitative estimate of drug-likeness (QED) is 0.597. The van der Waals surface area contributed by atoms with Crippen LogP contribution in [0.4, 0.5) is 0 Å². The highest BCUT2D eigenvalue weighted by atomic mass is 16.5. The maximum absolute atomic E-state index is 6.15. The molecule has 1 spiro atoms. The molecule has 3 aliphatic carbocycles. The van der Waals surface area contributed by atoms with Crippen LogP contribution < -0.4 is 10.6 Å². The maximum Gasteiger partial charge on any atom is 0.191 e. The molecule has 2 N–H and O–H groups in total. The minimum Gasteiger partial charge on any atom is -0.377 e. The number of nitrogens with one attached hydrogen (secondary N) is 2. The van der Waals surface area contributed by atoms with E-state index in [1.165, 1.54) is 58.0 Å². The third-order valence-electron chi connectivity index (χ3n) is 7.92. The second-order valence-electron chi connectivity index (χ2n) is 9.54. The zero-order valence-electron chi connectivity index (χ0n) is 16.5. The van der Waals surface area contributed by atoms with E-state index in [1.807, 2.05) is 0 Å². The molecule has 0 aromatic carbocycles. The topological polar surface area (TPSA) is 48.9 Å². The molecule has 0 radical (unpaired) electrons. The first kappa shape index (κ1) is 17.3. The standard InChI is InChI=1S/C21H36N4O/c1-3-22-20(23-17-13-25(12-14(17)2)15-6-7-15)24-18-16-8-11-26-19(16)21(18)9-4-5-10-21/h14-19H,3-13H2,1-2H3,(H2,22,23,24). The molecule has 5 atom stereocenters. The Balaban J connectivity index is 1.27. The van der Waals surface area contributed by atoms with E-state index >= 15 is 0 Å². The second kappa shape index (κ2) is 6.66. The van der Waals surface area contributed by atoms with Gasteiger partial charge in [-0.05, 0) is 44.9 Å². The summed E-state index contributed by atoms with van der Waals surface area (Å²) in [7, 11) is 0. The van der Waals surface area contributed by atoms with Crippen LogP contribution in [0.2, 0.25) is 0 Å². The number of fused-ring (bicyclic) bond motifs is 2. The summed E-state index contributed by atoms with van der Waals surface area (Å²) in [6, 6.07) is 1.96. The zero-order valence-corrected chi connectivity index (χ0v) is 16.5. The van der Waals surface area contributed by atoms with Crippen molar-refractivity contribution in [3.05, 3.63) is 0 Å². The minimum absolute atomic E-state index is 0.388. The van der Waals surface area contributed by atoms with Crippen molar-refractivity contribution >= 4 is 5.96 Å². The Morgan fingerprint density at radius 2 is 1.96 bits per heavy atom. The number of hydrogen-bond acceptors (Lipinski definition) is 3. The Hall–Kier alpha value is -0.810. The first-order valence-corrected chi connectivity index (χ1v) is 11.1. The summed E-state index contributed by atoms with van der Waals surface area (Å²) < 4.78 is 6.15. The molecule has 5 nitrogen and oxygen atoms in total. The number of hydrogen-bond donors (Lipinski definition) is 2. The predicted molar refractivity (Wildman–Crippen MR) is 104 cm³/mol. The molecule has 5 unspecified atom stereocenters. The second-order valence-corrected chi connectivity index (χ2v) is 9.54. The van der Waals surface area contributed by atoms with Crippen LogP contribution in [0.1, 0.15) is 58.8 Å². The first-order valence-electron chi connectivity index (χ1n) is 11.1. The molecule has 5 heteroatoms. The van der Waals surface area contributed by atoms with Gasteiger partial charge in [0.05, 0.1) is 6.10 Å². The van der Waals surface area contributed by atoms with Crippen molar-refractivity contribution in [1.29, 1.82) is 0 Å². The molecule has 146 valence electrons. The van der Waals surface area contributed by atoms with Crippen molar-refractivity contribution in [2.45, 2.75) is 83.0 Å². The van der Waals surface area contributed by atoms with Crippen LogP contribution in [0.25, 0.3) is 0 Å². The molecule has 0 bridgehead atoms. The maximum atomic E-state index is 6.15. The summed E-state index contributed by atoms with van der Waals surface area (Å²) in [5.41, 5.74) is 0.388. The van der Waals surface area contributed by atoms with Gasteiger partial charge in [-0.1, -0.05) is 19.8 Å². The van der Waals surface area contributed by atoms with Gasteiger partial charge < -0.3 is 15.4 Å². The van der Waals surface area contributed by atoms with E-state index in [0.29, 0.717) is 35.4 Å². The summed E-state index contributed by atoms with van der Waals surface area (Å²) in [5.74, 6) is 2.45. The predicted octanol–water partition coefficient (Wildman–Crippen LogP) is 2.37. The van der Waals surface area contributed by atoms with Crippen LogP contribution in [0.15, 0.2) is 4.99 Å². The molecular weight excluding hydrogens is 324 g/mol. The lowest BCUT2D eigenvalue weighted by atomic mass is 9.54. The highest BCUT2D eigenvalue weighted by Gasteiger charge is 2.65. The highest BCUT2D eigenvalue weighted by Crippen LogP contribution is 2.60. The summed E-state index contributed by atoms with van der Waals surface area (Å²) in [5, 5.41) is 7.73. The Morgan fingerprint density at radius 3 is 2.69 bits per heavy atom. The Kier molecular flexibility index (Phi) is 4.43. The van der Waals surface area contributed by atoms with Crippen molar-refractivity contribution in [2.24, 2.45) is 22.2 Å². The van der Waals surface area contributed by atoms with Gasteiger partial charge in [0.1, 0.15) is 0 Å². The lowest BCUT2D eigenvalue weighted by Gasteiger charge is -2.57. The van der Waals surface area contributed by atoms with Crippen molar-refractivity contribution < 1.29 is 4.74 Å². The number of rotatable bonds is 4. The number of nitrogens with zero attached hydrogens (tertiary/aromatic N) is 2. The smallest absolute Gasteiger partial charge is 0.191 e. The highest BCUT2D eigenvalue weighted by molar-refractivity contribution is 5.81. The molecule has 0 aromatic rings. The van der Waals surface area contributed by atoms with E-state index in [0.717, 1.165) is 25.2 Å². The third-order valence-corrected chi connectivity index (χ3v) is 7.92. The molecule has 2 aliphatic heterocycles. The summed E-state index contributed by atoms with van der Waals surface area (Å²) in [6.45, 7) is 8.76. The van der Waals surface area contributed by atoms with Crippen LogP contribution in [-0.4, -0.2) is 61.3 Å². The fourth-order valence-corrected chi connectivity index (χ4v) is 6.45. The van der Waals surface area contributed by atoms with E-state index in [1.54, 1.807) is 0 Å². The third kappa shape index (κ3) is 2.77. The van der Waals surface area contributed by atoms with Gasteiger partial charge in [-0.25, -0.2) is 0 Å². The van der Waals surface area contributed by atoms with Crippen LogP contribution in [-0.2, 0) is 4.74 Å². The summed E-state index contributed by atoms with van der Waals surface area (Å²) in [6.07, 6.45) is 9.95. The average Bonchev–Trinajstić information content (AvgIpc) is 3.04. The number of guanidine groups is 1. The van der Waals surface area contributed by atoms with Crippen molar-refractivity contribution in [3.8, 4) is 0 Å². The normalized spacial score (nSPS) is 42.1. The van der Waals surface area contributed by atoms with Gasteiger partial charge in [-0.15, -0.1) is 0 Å². The van der Waals surface area contributed by atoms with Crippen LogP contribution in [0, 0.1) is 17.3 Å². The van der Waals surface area contributed by atoms with Crippen molar-refractivity contribution in [3.63, 3.8) is 0 Å². The molecule has 0 amide bonds. The monoisotopic (exact) mass is 360 g/mol. The molecular formula is C21H36N4O. The first-order chi connectivity index (χ1) is 12.7. The van der Waals surface area contributed by atoms with Crippen LogP contribution >= 0.6 is 0 Å². The lowest BCUT2D eigenvalue weighted by Crippen LogP contribution is -2.69. The van der Waals surface area contributed by atoms with Gasteiger partial charge in [-0.3, -0.25) is 9.89 Å². The summed E-state index contributed by atoms with van der Waals surface area (Å²) in [4.78, 5) is 7.52. The van der Waals surface area contributed by atoms with E-state index in [-0.39, 0.29) is 0 Å². The van der Waals surface area contributed by atoms with Gasteiger partial charge in [0, 0.05) is 55.7 Å². The van der Waals surface area contributed by atoms with Crippen molar-refractivity contribution in [1.82, 2.24) is 15.5 Å². The fraction of sp³-hybridized carbons (Fsp3) is 0.952. The molecule has 5 aliphatic rings. The van der Waals surface area contributed by atoms with Crippen LogP contribution in [0.5, 0.6) is 0 Å². The van der Waals surface area contributed by atoms with Gasteiger partial charge in [0.25, 0.3) is 0 Å². The van der Waals surface area contributed by atoms with Crippen LogP contribution in [0.3, 0.4) is 0 Å². The van der Waals surface area contributed by atoms with E-state index in [9.17, 15) is 0 Å². The molecule has 2 saturated heterocycles. The van der Waals surface area contributed by atoms with E-state index < -0.39 is 0 Å². The van der Waals surface area contributed by atoms with E-state index in [2.05, 4.69) is 29.4 Å². The Bertz CT molecular complexity index is 554. The van der Waals surface area contributed by atoms with Crippen molar-refractivity contribution in [2.75, 3.05) is 26.2 Å². The minimum atomic E-state index is 0.388. The average molecular weight is 361 g/mol. The molecule has 5 fully saturated rings. The molecule has 5 rings (SSSR count). The number of ether oxygens (including phenoxy) is 1. The van der Waals surface area contributed by atoms with Gasteiger partial charge in [-0.2, -0.15) is 0 Å². The Morgan fingerprint density at radius 1 is 1.15 bits per heavy atom. The largest absolute Gasteiger partial charge is 0.377 e. The molecule has 0 aromatic heterocycles. The lowest BCUT2D eigenvalue weighted by molar-refractivity contribution is -0.125. The number of aliphatic imine (C=N–C) groups is 1. The molecule has 3 saturated carbocycles. The molecule has 26 heavy (non-hydrogen) atoms. The Labute approximate surface area is 158 Å². The SMILES string of the molecule is CCN=C(NC1CN(C2CC2)CC1C)NC1C2CCOC2C12CCCC2. The van der Waals surface area contributed by atoms with Gasteiger partial charge >= 0.3 is 0 Å². The fourth-order valence-electron chi connectivity index (χ4n) is 6.45. The summed E-state index contributed by atoms with van der Waals surface area (Å²) >= 11 is 0. The van der Waals surface area contributed by atoms with E-state index in [4.69, 9.17) is 9.73 Å². The van der Waals surface area contributed by atoms with Gasteiger partial charge in [0.2, 0.25) is 0 Å². The zero-order chi connectivity index (χ0) is 17.7.